The van der Waals surface area contributed by atoms with Gasteiger partial charge in [0.2, 0.25) is 5.91 Å². The molecule has 0 heterocycles. The molecule has 0 saturated heterocycles. The van der Waals surface area contributed by atoms with E-state index in [-0.39, 0.29) is 11.3 Å². The molecule has 12 heavy (non-hydrogen) atoms. The number of hydrogen-bond acceptors (Lipinski definition) is 2. The first-order chi connectivity index (χ1) is 5.48. The van der Waals surface area contributed by atoms with Crippen molar-refractivity contribution < 1.29 is 4.79 Å². The summed E-state index contributed by atoms with van der Waals surface area (Å²) in [6.45, 7) is 8.64. The third-order valence-electron chi connectivity index (χ3n) is 1.54. The van der Waals surface area contributed by atoms with Gasteiger partial charge in [0.15, 0.2) is 0 Å². The van der Waals surface area contributed by atoms with Gasteiger partial charge in [-0.2, -0.15) is 0 Å². The molecule has 0 aliphatic carbocycles. The Kier molecular flexibility index (Phi) is 4.90. The quantitative estimate of drug-likeness (QED) is 0.498. The molecule has 2 N–H and O–H groups in total. The first kappa shape index (κ1) is 11.4. The zero-order chi connectivity index (χ0) is 9.61. The number of hydrogen-bond donors (Lipinski definition) is 2. The van der Waals surface area contributed by atoms with Gasteiger partial charge in [-0.05, 0) is 6.42 Å². The average Bonchev–Trinajstić information content (AvgIpc) is 1.96. The van der Waals surface area contributed by atoms with Crippen molar-refractivity contribution in [2.75, 3.05) is 6.54 Å². The molecule has 0 fully saturated rings. The molecule has 3 heteroatoms. The Hall–Kier alpha value is -0.570. The van der Waals surface area contributed by atoms with Gasteiger partial charge in [-0.1, -0.05) is 34.1 Å². The van der Waals surface area contributed by atoms with Crippen molar-refractivity contribution in [3.05, 3.63) is 0 Å². The molecule has 0 saturated carbocycles. The summed E-state index contributed by atoms with van der Waals surface area (Å²) >= 11 is 0. The molecular weight excluding hydrogens is 152 g/mol. The van der Waals surface area contributed by atoms with Gasteiger partial charge in [-0.15, -0.1) is 0 Å². The van der Waals surface area contributed by atoms with Crippen molar-refractivity contribution in [2.24, 2.45) is 5.41 Å². The SMILES string of the molecule is CCCCNNC(=O)C(C)(C)C. The Labute approximate surface area is 74.9 Å². The lowest BCUT2D eigenvalue weighted by Crippen LogP contribution is -2.44. The lowest BCUT2D eigenvalue weighted by atomic mass is 9.96. The predicted molar refractivity (Wildman–Crippen MR) is 50.5 cm³/mol. The van der Waals surface area contributed by atoms with E-state index in [0.717, 1.165) is 19.4 Å². The highest BCUT2D eigenvalue weighted by Gasteiger charge is 2.20. The molecule has 0 aromatic rings. The number of amides is 1. The molecule has 0 rings (SSSR count). The van der Waals surface area contributed by atoms with Crippen LogP contribution in [0.1, 0.15) is 40.5 Å². The number of rotatable bonds is 4. The first-order valence-corrected chi connectivity index (χ1v) is 4.51. The van der Waals surface area contributed by atoms with Crippen LogP contribution in [0.3, 0.4) is 0 Å². The van der Waals surface area contributed by atoms with Crippen LogP contribution in [0.15, 0.2) is 0 Å². The van der Waals surface area contributed by atoms with Gasteiger partial charge in [-0.25, -0.2) is 5.43 Å². The molecule has 0 aliphatic rings. The summed E-state index contributed by atoms with van der Waals surface area (Å²) in [5.41, 5.74) is 5.26. The third-order valence-corrected chi connectivity index (χ3v) is 1.54. The molecular formula is C9H20N2O. The molecule has 1 amide bonds. The van der Waals surface area contributed by atoms with Gasteiger partial charge in [-0.3, -0.25) is 10.2 Å². The zero-order valence-corrected chi connectivity index (χ0v) is 8.53. The van der Waals surface area contributed by atoms with Crippen LogP contribution in [-0.4, -0.2) is 12.5 Å². The van der Waals surface area contributed by atoms with Crippen molar-refractivity contribution in [1.82, 2.24) is 10.9 Å². The average molecular weight is 172 g/mol. The van der Waals surface area contributed by atoms with Gasteiger partial charge in [0.05, 0.1) is 0 Å². The van der Waals surface area contributed by atoms with Crippen LogP contribution < -0.4 is 10.9 Å². The molecule has 0 radical (unpaired) electrons. The summed E-state index contributed by atoms with van der Waals surface area (Å²) < 4.78 is 0. The monoisotopic (exact) mass is 172 g/mol. The third kappa shape index (κ3) is 5.13. The lowest BCUT2D eigenvalue weighted by molar-refractivity contribution is -0.129. The van der Waals surface area contributed by atoms with Crippen LogP contribution in [0.25, 0.3) is 0 Å². The van der Waals surface area contributed by atoms with Crippen LogP contribution in [-0.2, 0) is 4.79 Å². The summed E-state index contributed by atoms with van der Waals surface area (Å²) in [6.07, 6.45) is 2.23. The second kappa shape index (κ2) is 5.14. The van der Waals surface area contributed by atoms with Crippen molar-refractivity contribution in [2.45, 2.75) is 40.5 Å². The summed E-state index contributed by atoms with van der Waals surface area (Å²) in [6, 6.07) is 0. The van der Waals surface area contributed by atoms with E-state index >= 15 is 0 Å². The molecule has 0 spiro atoms. The second-order valence-electron chi connectivity index (χ2n) is 3.98. The summed E-state index contributed by atoms with van der Waals surface area (Å²) in [7, 11) is 0. The Morgan fingerprint density at radius 1 is 1.33 bits per heavy atom. The number of carbonyl (C=O) groups is 1. The van der Waals surface area contributed by atoms with Crippen molar-refractivity contribution in [1.29, 1.82) is 0 Å². The van der Waals surface area contributed by atoms with Crippen molar-refractivity contribution in [3.63, 3.8) is 0 Å². The van der Waals surface area contributed by atoms with Crippen LogP contribution in [0.2, 0.25) is 0 Å². The fourth-order valence-corrected chi connectivity index (χ4v) is 0.595. The number of nitrogens with one attached hydrogen (secondary N) is 2. The minimum atomic E-state index is -0.306. The smallest absolute Gasteiger partial charge is 0.239 e. The van der Waals surface area contributed by atoms with Crippen molar-refractivity contribution in [3.8, 4) is 0 Å². The summed E-state index contributed by atoms with van der Waals surface area (Å²) in [5, 5.41) is 0. The van der Waals surface area contributed by atoms with Gasteiger partial charge in [0.1, 0.15) is 0 Å². The Morgan fingerprint density at radius 3 is 2.33 bits per heavy atom. The zero-order valence-electron chi connectivity index (χ0n) is 8.53. The van der Waals surface area contributed by atoms with Crippen LogP contribution in [0.5, 0.6) is 0 Å². The Balaban J connectivity index is 3.45. The van der Waals surface area contributed by atoms with E-state index in [1.807, 2.05) is 20.8 Å². The highest BCUT2D eigenvalue weighted by molar-refractivity contribution is 5.80. The minimum Gasteiger partial charge on any atom is -0.291 e. The Morgan fingerprint density at radius 2 is 1.92 bits per heavy atom. The maximum Gasteiger partial charge on any atom is 0.239 e. The lowest BCUT2D eigenvalue weighted by Gasteiger charge is -2.17. The molecule has 0 aromatic carbocycles. The van der Waals surface area contributed by atoms with Crippen LogP contribution >= 0.6 is 0 Å². The van der Waals surface area contributed by atoms with E-state index < -0.39 is 0 Å². The fraction of sp³-hybridized carbons (Fsp3) is 0.889. The van der Waals surface area contributed by atoms with Crippen molar-refractivity contribution >= 4 is 5.91 Å². The molecule has 3 nitrogen and oxygen atoms in total. The Bertz CT molecular complexity index is 138. The first-order valence-electron chi connectivity index (χ1n) is 4.51. The summed E-state index contributed by atoms with van der Waals surface area (Å²) in [5.74, 6) is 0.0404. The molecule has 0 unspecified atom stereocenters. The van der Waals surface area contributed by atoms with Gasteiger partial charge < -0.3 is 0 Å². The normalized spacial score (nSPS) is 11.3. The fourth-order valence-electron chi connectivity index (χ4n) is 0.595. The molecule has 72 valence electrons. The maximum absolute atomic E-state index is 11.3. The summed E-state index contributed by atoms with van der Waals surface area (Å²) in [4.78, 5) is 11.3. The van der Waals surface area contributed by atoms with E-state index in [9.17, 15) is 4.79 Å². The van der Waals surface area contributed by atoms with E-state index in [0.29, 0.717) is 0 Å². The number of unbranched alkanes of at least 4 members (excludes halogenated alkanes) is 1. The highest BCUT2D eigenvalue weighted by atomic mass is 16.2. The minimum absolute atomic E-state index is 0.0404. The predicted octanol–water partition coefficient (Wildman–Crippen LogP) is 1.45. The van der Waals surface area contributed by atoms with Gasteiger partial charge in [0.25, 0.3) is 0 Å². The topological polar surface area (TPSA) is 41.1 Å². The number of carbonyl (C=O) groups excluding carboxylic acids is 1. The standard InChI is InChI=1S/C9H20N2O/c1-5-6-7-10-11-8(12)9(2,3)4/h10H,5-7H2,1-4H3,(H,11,12). The molecule has 0 atom stereocenters. The van der Waals surface area contributed by atoms with Gasteiger partial charge in [0, 0.05) is 12.0 Å². The van der Waals surface area contributed by atoms with E-state index in [1.165, 1.54) is 0 Å². The second-order valence-corrected chi connectivity index (χ2v) is 3.98. The highest BCUT2D eigenvalue weighted by Crippen LogP contribution is 2.11. The number of hydrazine groups is 1. The van der Waals surface area contributed by atoms with Gasteiger partial charge >= 0.3 is 0 Å². The van der Waals surface area contributed by atoms with E-state index in [4.69, 9.17) is 0 Å². The molecule has 0 aromatic heterocycles. The molecule has 0 aliphatic heterocycles. The van der Waals surface area contributed by atoms with Crippen LogP contribution in [0, 0.1) is 5.41 Å². The largest absolute Gasteiger partial charge is 0.291 e. The van der Waals surface area contributed by atoms with E-state index in [2.05, 4.69) is 17.8 Å². The molecule has 0 bridgehead atoms. The van der Waals surface area contributed by atoms with E-state index in [1.54, 1.807) is 0 Å². The van der Waals surface area contributed by atoms with Crippen LogP contribution in [0.4, 0.5) is 0 Å². The maximum atomic E-state index is 11.3.